The maximum Gasteiger partial charge on any atom is 0.169 e. The van der Waals surface area contributed by atoms with Crippen LogP contribution in [0.4, 0.5) is 0 Å². The van der Waals surface area contributed by atoms with Crippen molar-refractivity contribution in [1.29, 1.82) is 0 Å². The van der Waals surface area contributed by atoms with Crippen LogP contribution in [0, 0.1) is 20.8 Å². The van der Waals surface area contributed by atoms with Crippen LogP contribution < -0.4 is 4.74 Å². The lowest BCUT2D eigenvalue weighted by molar-refractivity contribution is 0.403. The minimum Gasteiger partial charge on any atom is -0.504 e. The third-order valence-electron chi connectivity index (χ3n) is 6.11. The molecule has 0 bridgehead atoms. The van der Waals surface area contributed by atoms with Crippen LogP contribution in [0.5, 0.6) is 17.2 Å². The fraction of sp³-hybridized carbons (Fsp3) is 0.586. The van der Waals surface area contributed by atoms with Crippen molar-refractivity contribution in [2.75, 3.05) is 0 Å². The summed E-state index contributed by atoms with van der Waals surface area (Å²) < 4.78 is 6.35. The van der Waals surface area contributed by atoms with Crippen LogP contribution in [-0.4, -0.2) is 10.4 Å². The molecule has 0 radical (unpaired) electrons. The molecular formula is C29H44O2S. The zero-order valence-corrected chi connectivity index (χ0v) is 22.4. The highest BCUT2D eigenvalue weighted by Crippen LogP contribution is 2.42. The quantitative estimate of drug-likeness (QED) is 0.454. The fourth-order valence-corrected chi connectivity index (χ4v) is 5.64. The van der Waals surface area contributed by atoms with E-state index >= 15 is 0 Å². The van der Waals surface area contributed by atoms with Crippen LogP contribution in [0.25, 0.3) is 0 Å². The molecule has 3 heteroatoms. The van der Waals surface area contributed by atoms with Crippen LogP contribution in [-0.2, 0) is 11.2 Å². The summed E-state index contributed by atoms with van der Waals surface area (Å²) >= 11 is 2.01. The van der Waals surface area contributed by atoms with E-state index in [-0.39, 0.29) is 5.41 Å². The second-order valence-electron chi connectivity index (χ2n) is 9.99. The summed E-state index contributed by atoms with van der Waals surface area (Å²) in [7, 11) is 0. The van der Waals surface area contributed by atoms with E-state index in [2.05, 4.69) is 59.7 Å². The number of benzene rings is 2. The van der Waals surface area contributed by atoms with Gasteiger partial charge in [-0.3, -0.25) is 0 Å². The highest BCUT2D eigenvalue weighted by Gasteiger charge is 2.22. The molecule has 0 spiro atoms. The van der Waals surface area contributed by atoms with Crippen LogP contribution in [0.15, 0.2) is 24.3 Å². The molecule has 1 aliphatic carbocycles. The standard InChI is InChI=1S/C27H38O2S.C2H6/c1-18-13-19(2)26(20(3)14-18)29-24-16-22(27(4,5)6)15-21(25(24)28)17-30-23-11-9-7-8-10-12-23;1-2/h13-16,23,28H,7-12,17H2,1-6H3;1-2H3. The van der Waals surface area contributed by atoms with Gasteiger partial charge in [0.05, 0.1) is 0 Å². The normalized spacial score (nSPS) is 15.0. The molecule has 2 aromatic rings. The molecule has 0 unspecified atom stereocenters. The average molecular weight is 457 g/mol. The Labute approximate surface area is 201 Å². The number of rotatable bonds is 5. The molecule has 2 nitrogen and oxygen atoms in total. The first-order valence-corrected chi connectivity index (χ1v) is 13.4. The van der Waals surface area contributed by atoms with E-state index in [0.717, 1.165) is 28.2 Å². The maximum atomic E-state index is 11.1. The van der Waals surface area contributed by atoms with E-state index in [4.69, 9.17) is 4.74 Å². The Balaban J connectivity index is 0.00000176. The number of phenols is 1. The summed E-state index contributed by atoms with van der Waals surface area (Å²) in [5.41, 5.74) is 5.61. The minimum atomic E-state index is -0.00902. The number of thioether (sulfide) groups is 1. The van der Waals surface area contributed by atoms with Crippen molar-refractivity contribution in [2.45, 2.75) is 110 Å². The highest BCUT2D eigenvalue weighted by molar-refractivity contribution is 7.99. The average Bonchev–Trinajstić information content (AvgIpc) is 3.00. The van der Waals surface area contributed by atoms with Crippen molar-refractivity contribution >= 4 is 11.8 Å². The summed E-state index contributed by atoms with van der Waals surface area (Å²) in [5, 5.41) is 11.8. The number of hydrogen-bond donors (Lipinski definition) is 1. The number of phenolic OH excluding ortho intramolecular Hbond substituents is 1. The number of aryl methyl sites for hydroxylation is 3. The van der Waals surface area contributed by atoms with E-state index in [9.17, 15) is 5.11 Å². The molecular weight excluding hydrogens is 412 g/mol. The summed E-state index contributed by atoms with van der Waals surface area (Å²) in [6.07, 6.45) is 8.02. The van der Waals surface area contributed by atoms with Gasteiger partial charge in [-0.05, 0) is 61.8 Å². The topological polar surface area (TPSA) is 29.5 Å². The lowest BCUT2D eigenvalue weighted by Gasteiger charge is -2.23. The molecule has 178 valence electrons. The Hall–Kier alpha value is -1.61. The number of aromatic hydroxyl groups is 1. The zero-order chi connectivity index (χ0) is 23.9. The van der Waals surface area contributed by atoms with E-state index in [1.807, 2.05) is 31.7 Å². The van der Waals surface area contributed by atoms with E-state index in [1.54, 1.807) is 0 Å². The Morgan fingerprint density at radius 1 is 0.906 bits per heavy atom. The number of hydrogen-bond acceptors (Lipinski definition) is 3. The number of ether oxygens (including phenoxy) is 1. The molecule has 1 aliphatic rings. The molecule has 0 aliphatic heterocycles. The van der Waals surface area contributed by atoms with Gasteiger partial charge in [-0.1, -0.05) is 84.1 Å². The van der Waals surface area contributed by atoms with E-state index in [0.29, 0.717) is 16.7 Å². The molecule has 1 N–H and O–H groups in total. The van der Waals surface area contributed by atoms with Gasteiger partial charge in [0.15, 0.2) is 11.5 Å². The molecule has 0 heterocycles. The molecule has 0 aromatic heterocycles. The van der Waals surface area contributed by atoms with Crippen molar-refractivity contribution in [3.05, 3.63) is 52.1 Å². The van der Waals surface area contributed by atoms with Gasteiger partial charge >= 0.3 is 0 Å². The predicted octanol–water partition coefficient (Wildman–Crippen LogP) is 9.39. The molecule has 2 aromatic carbocycles. The lowest BCUT2D eigenvalue weighted by atomic mass is 9.86. The zero-order valence-electron chi connectivity index (χ0n) is 21.6. The minimum absolute atomic E-state index is 0.00902. The van der Waals surface area contributed by atoms with Gasteiger partial charge in [-0.15, -0.1) is 0 Å². The summed E-state index contributed by atoms with van der Waals surface area (Å²) in [6, 6.07) is 8.47. The fourth-order valence-electron chi connectivity index (χ4n) is 4.34. The van der Waals surface area contributed by atoms with Crippen LogP contribution >= 0.6 is 11.8 Å². The SMILES string of the molecule is CC.Cc1cc(C)c(Oc2cc(C(C)(C)C)cc(CSC3CCCCCC3)c2O)c(C)c1. The third kappa shape index (κ3) is 7.20. The van der Waals surface area contributed by atoms with Crippen molar-refractivity contribution in [3.8, 4) is 17.2 Å². The van der Waals surface area contributed by atoms with Crippen LogP contribution in [0.1, 0.15) is 101 Å². The molecule has 1 saturated carbocycles. The lowest BCUT2D eigenvalue weighted by Crippen LogP contribution is -2.12. The second-order valence-corrected chi connectivity index (χ2v) is 11.3. The molecule has 0 amide bonds. The second kappa shape index (κ2) is 12.0. The Morgan fingerprint density at radius 3 is 2.00 bits per heavy atom. The largest absolute Gasteiger partial charge is 0.504 e. The summed E-state index contributed by atoms with van der Waals surface area (Å²) in [6.45, 7) is 16.9. The monoisotopic (exact) mass is 456 g/mol. The Bertz CT molecular complexity index is 848. The molecule has 0 atom stereocenters. The smallest absolute Gasteiger partial charge is 0.169 e. The Morgan fingerprint density at radius 2 is 1.47 bits per heavy atom. The van der Waals surface area contributed by atoms with Crippen molar-refractivity contribution in [2.24, 2.45) is 0 Å². The maximum absolute atomic E-state index is 11.1. The van der Waals surface area contributed by atoms with Gasteiger partial charge in [-0.25, -0.2) is 0 Å². The summed E-state index contributed by atoms with van der Waals surface area (Å²) in [5.74, 6) is 2.56. The molecule has 1 fully saturated rings. The van der Waals surface area contributed by atoms with Gasteiger partial charge in [0, 0.05) is 16.6 Å². The first-order valence-electron chi connectivity index (χ1n) is 12.4. The molecule has 32 heavy (non-hydrogen) atoms. The van der Waals surface area contributed by atoms with Crippen molar-refractivity contribution < 1.29 is 9.84 Å². The summed E-state index contributed by atoms with van der Waals surface area (Å²) in [4.78, 5) is 0. The van der Waals surface area contributed by atoms with E-state index < -0.39 is 0 Å². The van der Waals surface area contributed by atoms with Crippen LogP contribution in [0.2, 0.25) is 0 Å². The van der Waals surface area contributed by atoms with Gasteiger partial charge in [0.1, 0.15) is 5.75 Å². The third-order valence-corrected chi connectivity index (χ3v) is 7.53. The first kappa shape index (κ1) is 26.6. The van der Waals surface area contributed by atoms with Crippen LogP contribution in [0.3, 0.4) is 0 Å². The van der Waals surface area contributed by atoms with Gasteiger partial charge in [0.25, 0.3) is 0 Å². The van der Waals surface area contributed by atoms with Crippen molar-refractivity contribution in [3.63, 3.8) is 0 Å². The predicted molar refractivity (Wildman–Crippen MR) is 142 cm³/mol. The highest BCUT2D eigenvalue weighted by atomic mass is 32.2. The molecule has 0 saturated heterocycles. The molecule has 3 rings (SSSR count). The van der Waals surface area contributed by atoms with Gasteiger partial charge in [-0.2, -0.15) is 11.8 Å². The Kier molecular flexibility index (Phi) is 10.0. The van der Waals surface area contributed by atoms with E-state index in [1.165, 1.54) is 49.7 Å². The first-order chi connectivity index (χ1) is 15.1. The van der Waals surface area contributed by atoms with Gasteiger partial charge in [0.2, 0.25) is 0 Å². The van der Waals surface area contributed by atoms with Crippen molar-refractivity contribution in [1.82, 2.24) is 0 Å². The van der Waals surface area contributed by atoms with Gasteiger partial charge < -0.3 is 9.84 Å².